The molecule has 0 bridgehead atoms. The summed E-state index contributed by atoms with van der Waals surface area (Å²) in [5.41, 5.74) is 5.83. The zero-order valence-corrected chi connectivity index (χ0v) is 8.12. The van der Waals surface area contributed by atoms with Gasteiger partial charge in [0.2, 0.25) is 5.91 Å². The van der Waals surface area contributed by atoms with E-state index in [0.29, 0.717) is 0 Å². The molecule has 2 unspecified atom stereocenters. The molecule has 0 aromatic carbocycles. The second-order valence-electron chi connectivity index (χ2n) is 3.66. The maximum absolute atomic E-state index is 10.8. The maximum atomic E-state index is 10.8. The molecule has 1 amide bonds. The Morgan fingerprint density at radius 1 is 1.62 bits per heavy atom. The first-order valence-corrected chi connectivity index (χ1v) is 4.88. The van der Waals surface area contributed by atoms with Gasteiger partial charge in [-0.25, -0.2) is 0 Å². The van der Waals surface area contributed by atoms with E-state index in [-0.39, 0.29) is 18.0 Å². The molecule has 3 N–H and O–H groups in total. The Morgan fingerprint density at radius 2 is 2.38 bits per heavy atom. The van der Waals surface area contributed by atoms with Crippen LogP contribution in [0.5, 0.6) is 0 Å². The summed E-state index contributed by atoms with van der Waals surface area (Å²) in [6.45, 7) is 1.56. The molecule has 1 aliphatic rings. The molecule has 0 saturated carbocycles. The second-order valence-corrected chi connectivity index (χ2v) is 3.66. The third-order valence-corrected chi connectivity index (χ3v) is 2.27. The van der Waals surface area contributed by atoms with Crippen LogP contribution in [0.2, 0.25) is 0 Å². The average molecular weight is 182 g/mol. The largest absolute Gasteiger partial charge is 0.354 e. The number of rotatable bonds is 1. The van der Waals surface area contributed by atoms with E-state index in [2.05, 4.69) is 11.4 Å². The van der Waals surface area contributed by atoms with Crippen molar-refractivity contribution in [1.82, 2.24) is 5.32 Å². The van der Waals surface area contributed by atoms with Crippen molar-refractivity contribution >= 4 is 5.91 Å². The van der Waals surface area contributed by atoms with Gasteiger partial charge in [0.15, 0.2) is 0 Å². The van der Waals surface area contributed by atoms with E-state index >= 15 is 0 Å². The van der Waals surface area contributed by atoms with Gasteiger partial charge in [-0.3, -0.25) is 4.79 Å². The molecule has 0 aromatic rings. The van der Waals surface area contributed by atoms with E-state index < -0.39 is 0 Å². The lowest BCUT2D eigenvalue weighted by atomic mass is 9.98. The summed E-state index contributed by atoms with van der Waals surface area (Å²) in [6, 6.07) is 0.356. The first-order valence-electron chi connectivity index (χ1n) is 4.88. The minimum atomic E-state index is 0.0433. The zero-order valence-electron chi connectivity index (χ0n) is 8.12. The van der Waals surface area contributed by atoms with Gasteiger partial charge in [-0.05, 0) is 25.7 Å². The number of carbonyl (C=O) groups is 1. The van der Waals surface area contributed by atoms with Gasteiger partial charge < -0.3 is 11.1 Å². The highest BCUT2D eigenvalue weighted by Crippen LogP contribution is 2.11. The van der Waals surface area contributed by atoms with Crippen LogP contribution in [-0.4, -0.2) is 18.0 Å². The monoisotopic (exact) mass is 182 g/mol. The molecule has 0 saturated heterocycles. The SMILES string of the molecule is CC(=O)NC1CCC/C=C/C(N)C1. The van der Waals surface area contributed by atoms with Gasteiger partial charge in [0, 0.05) is 19.0 Å². The van der Waals surface area contributed by atoms with Gasteiger partial charge in [0.05, 0.1) is 0 Å². The lowest BCUT2D eigenvalue weighted by Gasteiger charge is -2.21. The molecule has 0 fully saturated rings. The Hall–Kier alpha value is -0.830. The molecule has 0 heterocycles. The summed E-state index contributed by atoms with van der Waals surface area (Å²) in [5, 5.41) is 2.93. The van der Waals surface area contributed by atoms with Crippen molar-refractivity contribution in [2.45, 2.75) is 44.7 Å². The highest BCUT2D eigenvalue weighted by molar-refractivity contribution is 5.73. The molecule has 74 valence electrons. The van der Waals surface area contributed by atoms with Crippen molar-refractivity contribution in [3.8, 4) is 0 Å². The zero-order chi connectivity index (χ0) is 9.68. The normalized spacial score (nSPS) is 31.5. The lowest BCUT2D eigenvalue weighted by molar-refractivity contribution is -0.119. The number of hydrogen-bond donors (Lipinski definition) is 2. The van der Waals surface area contributed by atoms with Crippen molar-refractivity contribution in [3.05, 3.63) is 12.2 Å². The van der Waals surface area contributed by atoms with E-state index in [9.17, 15) is 4.79 Å². The molecular weight excluding hydrogens is 164 g/mol. The summed E-state index contributed by atoms with van der Waals surface area (Å²) in [4.78, 5) is 10.8. The predicted octanol–water partition coefficient (Wildman–Crippen LogP) is 0.949. The topological polar surface area (TPSA) is 55.1 Å². The summed E-state index contributed by atoms with van der Waals surface area (Å²) in [7, 11) is 0. The molecule has 3 nitrogen and oxygen atoms in total. The second kappa shape index (κ2) is 5.02. The molecule has 3 heteroatoms. The van der Waals surface area contributed by atoms with Gasteiger partial charge in [0.1, 0.15) is 0 Å². The minimum absolute atomic E-state index is 0.0433. The maximum Gasteiger partial charge on any atom is 0.217 e. The van der Waals surface area contributed by atoms with Crippen LogP contribution in [0.4, 0.5) is 0 Å². The number of nitrogens with one attached hydrogen (secondary N) is 1. The van der Waals surface area contributed by atoms with Gasteiger partial charge in [0.25, 0.3) is 0 Å². The summed E-state index contributed by atoms with van der Waals surface area (Å²) in [6.07, 6.45) is 8.27. The molecule has 0 aromatic heterocycles. The number of allylic oxidation sites excluding steroid dienone is 1. The van der Waals surface area contributed by atoms with Crippen molar-refractivity contribution < 1.29 is 4.79 Å². The Kier molecular flexibility index (Phi) is 3.96. The number of amides is 1. The van der Waals surface area contributed by atoms with Crippen LogP contribution >= 0.6 is 0 Å². The van der Waals surface area contributed by atoms with Crippen molar-refractivity contribution in [2.24, 2.45) is 5.73 Å². The van der Waals surface area contributed by atoms with E-state index in [1.54, 1.807) is 6.92 Å². The third kappa shape index (κ3) is 4.08. The van der Waals surface area contributed by atoms with Crippen LogP contribution in [0, 0.1) is 0 Å². The standard InChI is InChI=1S/C10H18N2O/c1-8(13)12-10-6-4-2-3-5-9(11)7-10/h3,5,9-10H,2,4,6-7,11H2,1H3,(H,12,13)/b5-3+. The van der Waals surface area contributed by atoms with Crippen LogP contribution < -0.4 is 11.1 Å². The predicted molar refractivity (Wildman–Crippen MR) is 53.2 cm³/mol. The summed E-state index contributed by atoms with van der Waals surface area (Å²) < 4.78 is 0. The summed E-state index contributed by atoms with van der Waals surface area (Å²) in [5.74, 6) is 0.0433. The third-order valence-electron chi connectivity index (χ3n) is 2.27. The Labute approximate surface area is 79.4 Å². The van der Waals surface area contributed by atoms with Crippen molar-refractivity contribution in [3.63, 3.8) is 0 Å². The first-order chi connectivity index (χ1) is 6.18. The molecule has 1 aliphatic carbocycles. The lowest BCUT2D eigenvalue weighted by Crippen LogP contribution is -2.38. The molecular formula is C10H18N2O. The molecule has 13 heavy (non-hydrogen) atoms. The Morgan fingerprint density at radius 3 is 3.08 bits per heavy atom. The fourth-order valence-electron chi connectivity index (χ4n) is 1.70. The van der Waals surface area contributed by atoms with Gasteiger partial charge in [-0.2, -0.15) is 0 Å². The summed E-state index contributed by atoms with van der Waals surface area (Å²) >= 11 is 0. The van der Waals surface area contributed by atoms with Crippen LogP contribution in [0.25, 0.3) is 0 Å². The molecule has 0 aliphatic heterocycles. The van der Waals surface area contributed by atoms with E-state index in [1.807, 2.05) is 6.08 Å². The van der Waals surface area contributed by atoms with Crippen molar-refractivity contribution in [1.29, 1.82) is 0 Å². The van der Waals surface area contributed by atoms with Crippen LogP contribution in [0.15, 0.2) is 12.2 Å². The van der Waals surface area contributed by atoms with Crippen LogP contribution in [-0.2, 0) is 4.79 Å². The highest BCUT2D eigenvalue weighted by atomic mass is 16.1. The molecule has 0 spiro atoms. The number of nitrogens with two attached hydrogens (primary N) is 1. The van der Waals surface area contributed by atoms with E-state index in [0.717, 1.165) is 25.7 Å². The van der Waals surface area contributed by atoms with E-state index in [1.165, 1.54) is 0 Å². The van der Waals surface area contributed by atoms with Crippen molar-refractivity contribution in [2.75, 3.05) is 0 Å². The smallest absolute Gasteiger partial charge is 0.217 e. The average Bonchev–Trinajstić information content (AvgIpc) is 1.98. The molecule has 0 radical (unpaired) electrons. The fraction of sp³-hybridized carbons (Fsp3) is 0.700. The molecule has 2 atom stereocenters. The van der Waals surface area contributed by atoms with E-state index in [4.69, 9.17) is 5.73 Å². The van der Waals surface area contributed by atoms with Gasteiger partial charge >= 0.3 is 0 Å². The fourth-order valence-corrected chi connectivity index (χ4v) is 1.70. The van der Waals surface area contributed by atoms with Crippen LogP contribution in [0.3, 0.4) is 0 Å². The number of hydrogen-bond acceptors (Lipinski definition) is 2. The Balaban J connectivity index is 2.44. The van der Waals surface area contributed by atoms with Gasteiger partial charge in [-0.1, -0.05) is 12.2 Å². The minimum Gasteiger partial charge on any atom is -0.354 e. The molecule has 1 rings (SSSR count). The van der Waals surface area contributed by atoms with Gasteiger partial charge in [-0.15, -0.1) is 0 Å². The van der Waals surface area contributed by atoms with Crippen LogP contribution in [0.1, 0.15) is 32.6 Å². The Bertz CT molecular complexity index is 201. The highest BCUT2D eigenvalue weighted by Gasteiger charge is 2.13. The number of carbonyl (C=O) groups excluding carboxylic acids is 1. The first kappa shape index (κ1) is 10.3. The quantitative estimate of drug-likeness (QED) is 0.593.